The number of benzene rings is 3. The second-order valence-electron chi connectivity index (χ2n) is 7.30. The first-order valence-corrected chi connectivity index (χ1v) is 10.5. The molecule has 152 valence electrons. The number of fused-ring (bicyclic) bond motifs is 5. The zero-order valence-electron chi connectivity index (χ0n) is 17.3. The second kappa shape index (κ2) is 7.26. The Morgan fingerprint density at radius 1 is 0.867 bits per heavy atom. The molecule has 4 nitrogen and oxygen atoms in total. The van der Waals surface area contributed by atoms with Gasteiger partial charge in [-0.15, -0.1) is 11.3 Å². The molecule has 0 saturated heterocycles. The summed E-state index contributed by atoms with van der Waals surface area (Å²) in [4.78, 5) is 1.25. The van der Waals surface area contributed by atoms with Gasteiger partial charge in [0.05, 0.1) is 21.3 Å². The summed E-state index contributed by atoms with van der Waals surface area (Å²) >= 11 is 1.81. The van der Waals surface area contributed by atoms with Crippen molar-refractivity contribution in [2.45, 2.75) is 13.0 Å². The molecule has 1 aliphatic heterocycles. The Bertz CT molecular complexity index is 1230. The van der Waals surface area contributed by atoms with Crippen molar-refractivity contribution in [1.29, 1.82) is 0 Å². The average Bonchev–Trinajstić information content (AvgIpc) is 3.17. The molecule has 1 aliphatic rings. The van der Waals surface area contributed by atoms with Crippen LogP contribution in [0.4, 0.5) is 0 Å². The Hall–Kier alpha value is -3.18. The summed E-state index contributed by atoms with van der Waals surface area (Å²) in [5.41, 5.74) is 4.45. The minimum Gasteiger partial charge on any atom is -0.493 e. The van der Waals surface area contributed by atoms with Crippen LogP contribution in [0.1, 0.15) is 22.8 Å². The van der Waals surface area contributed by atoms with Crippen LogP contribution in [0.3, 0.4) is 0 Å². The van der Waals surface area contributed by atoms with E-state index in [0.717, 1.165) is 16.9 Å². The molecule has 0 fully saturated rings. The Labute approximate surface area is 179 Å². The Balaban J connectivity index is 1.78. The van der Waals surface area contributed by atoms with Gasteiger partial charge in [0.2, 0.25) is 5.75 Å². The van der Waals surface area contributed by atoms with Crippen LogP contribution in [-0.4, -0.2) is 21.3 Å². The van der Waals surface area contributed by atoms with Gasteiger partial charge in [-0.3, -0.25) is 0 Å². The molecule has 1 aromatic heterocycles. The summed E-state index contributed by atoms with van der Waals surface area (Å²) in [5.74, 6) is 2.71. The quantitative estimate of drug-likeness (QED) is 0.385. The summed E-state index contributed by atoms with van der Waals surface area (Å²) in [7, 11) is 4.88. The molecule has 0 aliphatic carbocycles. The fraction of sp³-hybridized carbons (Fsp3) is 0.200. The average molecular weight is 419 g/mol. The van der Waals surface area contributed by atoms with Crippen molar-refractivity contribution in [2.75, 3.05) is 21.3 Å². The lowest BCUT2D eigenvalue weighted by Crippen LogP contribution is -2.15. The van der Waals surface area contributed by atoms with E-state index in [2.05, 4.69) is 49.4 Å². The van der Waals surface area contributed by atoms with Crippen LogP contribution in [0.25, 0.3) is 20.5 Å². The van der Waals surface area contributed by atoms with Crippen molar-refractivity contribution in [3.63, 3.8) is 0 Å². The van der Waals surface area contributed by atoms with Crippen molar-refractivity contribution in [3.05, 3.63) is 71.3 Å². The van der Waals surface area contributed by atoms with E-state index in [9.17, 15) is 0 Å². The van der Waals surface area contributed by atoms with Crippen molar-refractivity contribution in [2.24, 2.45) is 0 Å². The molecule has 4 aromatic rings. The lowest BCUT2D eigenvalue weighted by Gasteiger charge is -2.28. The van der Waals surface area contributed by atoms with Gasteiger partial charge in [-0.05, 0) is 42.8 Å². The molecule has 0 saturated carbocycles. The summed E-state index contributed by atoms with van der Waals surface area (Å²) < 4.78 is 24.6. The van der Waals surface area contributed by atoms with Crippen molar-refractivity contribution >= 4 is 21.4 Å². The molecule has 0 spiro atoms. The largest absolute Gasteiger partial charge is 0.493 e. The number of ether oxygens (including phenoxy) is 4. The van der Waals surface area contributed by atoms with Crippen molar-refractivity contribution in [3.8, 4) is 33.4 Å². The zero-order chi connectivity index (χ0) is 20.8. The highest BCUT2D eigenvalue weighted by atomic mass is 32.1. The number of thiophene rings is 1. The molecular weight excluding hydrogens is 396 g/mol. The molecule has 0 bridgehead atoms. The van der Waals surface area contributed by atoms with Crippen LogP contribution in [0, 0.1) is 6.92 Å². The second-order valence-corrected chi connectivity index (χ2v) is 8.35. The van der Waals surface area contributed by atoms with Gasteiger partial charge in [-0.1, -0.05) is 24.3 Å². The van der Waals surface area contributed by atoms with Gasteiger partial charge in [-0.25, -0.2) is 0 Å². The molecular formula is C25H22O4S. The van der Waals surface area contributed by atoms with Gasteiger partial charge in [0.1, 0.15) is 5.75 Å². The molecule has 0 radical (unpaired) electrons. The summed E-state index contributed by atoms with van der Waals surface area (Å²) in [5, 5.41) is 1.21. The highest BCUT2D eigenvalue weighted by Crippen LogP contribution is 2.53. The van der Waals surface area contributed by atoms with E-state index in [-0.39, 0.29) is 6.10 Å². The van der Waals surface area contributed by atoms with E-state index >= 15 is 0 Å². The number of hydrogen-bond donors (Lipinski definition) is 0. The first-order valence-electron chi connectivity index (χ1n) is 9.73. The predicted octanol–water partition coefficient (Wildman–Crippen LogP) is 6.38. The van der Waals surface area contributed by atoms with E-state index in [1.54, 1.807) is 21.3 Å². The molecule has 3 aromatic carbocycles. The molecule has 0 amide bonds. The van der Waals surface area contributed by atoms with E-state index in [1.807, 2.05) is 23.5 Å². The van der Waals surface area contributed by atoms with Crippen LogP contribution < -0.4 is 18.9 Å². The highest BCUT2D eigenvalue weighted by molar-refractivity contribution is 7.22. The van der Waals surface area contributed by atoms with Gasteiger partial charge < -0.3 is 18.9 Å². The van der Waals surface area contributed by atoms with E-state index in [1.165, 1.54) is 26.1 Å². The number of aryl methyl sites for hydroxylation is 1. The smallest absolute Gasteiger partial charge is 0.203 e. The van der Waals surface area contributed by atoms with Gasteiger partial charge in [0, 0.05) is 31.7 Å². The zero-order valence-corrected chi connectivity index (χ0v) is 18.1. The normalized spacial score (nSPS) is 14.6. The Morgan fingerprint density at radius 2 is 1.60 bits per heavy atom. The van der Waals surface area contributed by atoms with Gasteiger partial charge in [-0.2, -0.15) is 0 Å². The molecule has 2 heterocycles. The Kier molecular flexibility index (Phi) is 4.55. The van der Waals surface area contributed by atoms with Crippen LogP contribution in [-0.2, 0) is 0 Å². The number of hydrogen-bond acceptors (Lipinski definition) is 5. The molecule has 1 atom stereocenters. The third kappa shape index (κ3) is 2.81. The van der Waals surface area contributed by atoms with Crippen molar-refractivity contribution in [1.82, 2.24) is 0 Å². The maximum absolute atomic E-state index is 6.62. The molecule has 0 N–H and O–H groups in total. The molecule has 5 heteroatoms. The predicted molar refractivity (Wildman–Crippen MR) is 121 cm³/mol. The maximum Gasteiger partial charge on any atom is 0.203 e. The number of rotatable bonds is 4. The molecule has 1 unspecified atom stereocenters. The van der Waals surface area contributed by atoms with E-state index in [4.69, 9.17) is 18.9 Å². The highest BCUT2D eigenvalue weighted by Gasteiger charge is 2.32. The fourth-order valence-electron chi connectivity index (χ4n) is 4.11. The summed E-state index contributed by atoms with van der Waals surface area (Å²) in [6.45, 7) is 2.08. The van der Waals surface area contributed by atoms with Gasteiger partial charge >= 0.3 is 0 Å². The third-order valence-corrected chi connectivity index (χ3v) is 6.73. The Morgan fingerprint density at radius 3 is 2.30 bits per heavy atom. The van der Waals surface area contributed by atoms with Crippen LogP contribution in [0.15, 0.2) is 54.6 Å². The lowest BCUT2D eigenvalue weighted by molar-refractivity contribution is 0.243. The molecule has 30 heavy (non-hydrogen) atoms. The number of methoxy groups -OCH3 is 3. The van der Waals surface area contributed by atoms with E-state index in [0.29, 0.717) is 17.2 Å². The standard InChI is InChI=1S/C25H22O4S/c1-14-9-10-16-18(11-14)29-23(22-17-7-5-6-8-21(17)30-25(16)22)15-12-19(26-2)24(28-4)20(13-15)27-3/h5-13,23H,1-4H3. The SMILES string of the molecule is COc1cc(C2Oc3cc(C)ccc3-c3sc4ccccc4c32)cc(OC)c1OC. The topological polar surface area (TPSA) is 36.9 Å². The van der Waals surface area contributed by atoms with Crippen LogP contribution in [0.2, 0.25) is 0 Å². The fourth-order valence-corrected chi connectivity index (χ4v) is 5.37. The maximum atomic E-state index is 6.62. The third-order valence-electron chi connectivity index (χ3n) is 5.51. The first-order chi connectivity index (χ1) is 14.6. The van der Waals surface area contributed by atoms with E-state index < -0.39 is 0 Å². The lowest BCUT2D eigenvalue weighted by atomic mass is 9.92. The van der Waals surface area contributed by atoms with Crippen LogP contribution >= 0.6 is 11.3 Å². The minimum atomic E-state index is -0.279. The van der Waals surface area contributed by atoms with Gasteiger partial charge in [0.25, 0.3) is 0 Å². The van der Waals surface area contributed by atoms with Crippen LogP contribution in [0.5, 0.6) is 23.0 Å². The van der Waals surface area contributed by atoms with Gasteiger partial charge in [0.15, 0.2) is 17.6 Å². The molecule has 5 rings (SSSR count). The first kappa shape index (κ1) is 18.8. The minimum absolute atomic E-state index is 0.279. The van der Waals surface area contributed by atoms with Crippen molar-refractivity contribution < 1.29 is 18.9 Å². The summed E-state index contributed by atoms with van der Waals surface area (Å²) in [6.07, 6.45) is -0.279. The monoisotopic (exact) mass is 418 g/mol. The summed E-state index contributed by atoms with van der Waals surface area (Å²) in [6, 6.07) is 18.8.